The number of rotatable bonds is 8. The molecule has 135 heavy (non-hydrogen) atoms. The molecule has 6 aromatic heterocycles. The molecule has 0 spiro atoms. The van der Waals surface area contributed by atoms with E-state index < -0.39 is 0 Å². The Balaban J connectivity index is 0.000000103. The number of hydrogen-bond acceptors (Lipinski definition) is 6. The predicted molar refractivity (Wildman–Crippen MR) is 566 cm³/mol. The lowest BCUT2D eigenvalue weighted by molar-refractivity contribution is 1.08. The van der Waals surface area contributed by atoms with Crippen molar-refractivity contribution >= 4 is 195 Å². The van der Waals surface area contributed by atoms with Crippen LogP contribution in [0.2, 0.25) is 0 Å². The van der Waals surface area contributed by atoms with Crippen molar-refractivity contribution in [3.05, 3.63) is 467 Å². The van der Waals surface area contributed by atoms with E-state index in [9.17, 15) is 0 Å². The first-order valence-corrected chi connectivity index (χ1v) is 46.0. The molecule has 6 heterocycles. The second-order valence-electron chi connectivity index (χ2n) is 35.0. The highest BCUT2D eigenvalue weighted by molar-refractivity contribution is 6.31. The molecule has 0 saturated carbocycles. The molecule has 23 aromatic carbocycles. The molecule has 0 radical (unpaired) electrons. The molecule has 9 nitrogen and oxygen atoms in total. The molecule has 0 atom stereocenters. The van der Waals surface area contributed by atoms with Crippen LogP contribution in [0.1, 0.15) is 0 Å². The summed E-state index contributed by atoms with van der Waals surface area (Å²) >= 11 is 0. The minimum atomic E-state index is 0.724. The minimum absolute atomic E-state index is 0.724. The quantitative estimate of drug-likeness (QED) is 0.141. The van der Waals surface area contributed by atoms with Gasteiger partial charge < -0.3 is 9.13 Å². The molecule has 9 heteroatoms. The maximum atomic E-state index is 5.27. The number of para-hydroxylation sites is 5. The lowest BCUT2D eigenvalue weighted by atomic mass is 9.94. The first kappa shape index (κ1) is 76.8. The molecule has 0 aliphatic heterocycles. The standard InChI is InChI=1S/2C44H27N3.C38H23N3/c1-3-12-30(13-4-1)42-38-27-32(22-26-39(38)45-44(46-42)31-14-5-2-6-15-31)47-40-18-10-9-17-34(40)36-25-24-35-37(43(36)47)23-21-29-20-19-28-11-7-8-16-33(28)41(29)35;1-3-12-30(13-4-1)43-36-24-22-32(27-38(36)45-44(46-43)31-14-5-2-6-15-31)47-39-18-10-9-17-37(39)42-35-23-21-29-20-19-28-11-7-8-16-33(28)41(29)34(35)25-26-40(42)47;1-2-11-26(12-3-1)37-38(40-33-16-8-7-15-32(33)39-37)41-34-17-9-6-14-29(34)31-23-30-27(22-35(31)41)21-20-25-19-18-24-10-4-5-13-28(24)36(25)30/h2*1-27H;1-23H. The molecule has 0 saturated heterocycles. The molecule has 0 aliphatic carbocycles. The Hall–Kier alpha value is -18.2. The number of fused-ring (bicyclic) bond motifs is 29. The second-order valence-corrected chi connectivity index (χ2v) is 35.0. The Bertz CT molecular complexity index is 9950. The third-order valence-electron chi connectivity index (χ3n) is 27.4. The number of nitrogens with zero attached hydrogens (tertiary/aromatic N) is 9. The van der Waals surface area contributed by atoms with Crippen LogP contribution in [-0.2, 0) is 0 Å². The molecule has 0 bridgehead atoms. The van der Waals surface area contributed by atoms with Crippen molar-refractivity contribution in [2.24, 2.45) is 0 Å². The molecule has 0 fully saturated rings. The Morgan fingerprint density at radius 2 is 0.526 bits per heavy atom. The molecule has 626 valence electrons. The normalized spacial score (nSPS) is 11.9. The third-order valence-corrected chi connectivity index (χ3v) is 27.4. The summed E-state index contributed by atoms with van der Waals surface area (Å²) in [5.41, 5.74) is 20.7. The van der Waals surface area contributed by atoms with Crippen molar-refractivity contribution in [1.29, 1.82) is 0 Å². The summed E-state index contributed by atoms with van der Waals surface area (Å²) in [6.07, 6.45) is 0. The monoisotopic (exact) mass is 1720 g/mol. The van der Waals surface area contributed by atoms with E-state index in [0.29, 0.717) is 0 Å². The van der Waals surface area contributed by atoms with Gasteiger partial charge in [0.05, 0.1) is 66.6 Å². The summed E-state index contributed by atoms with van der Waals surface area (Å²) in [5.74, 6) is 2.29. The fourth-order valence-corrected chi connectivity index (χ4v) is 21.3. The van der Waals surface area contributed by atoms with Gasteiger partial charge in [-0.3, -0.25) is 4.57 Å². The zero-order valence-electron chi connectivity index (χ0n) is 73.0. The summed E-state index contributed by atoms with van der Waals surface area (Å²) in [5, 5.41) is 32.3. The van der Waals surface area contributed by atoms with Crippen LogP contribution >= 0.6 is 0 Å². The topological polar surface area (TPSA) is 92.1 Å². The number of aromatic nitrogens is 9. The predicted octanol–water partition coefficient (Wildman–Crippen LogP) is 32.9. The summed E-state index contributed by atoms with van der Waals surface area (Å²) in [7, 11) is 0. The van der Waals surface area contributed by atoms with Gasteiger partial charge in [0.1, 0.15) is 5.69 Å². The van der Waals surface area contributed by atoms with E-state index in [4.69, 9.17) is 29.9 Å². The van der Waals surface area contributed by atoms with Gasteiger partial charge >= 0.3 is 0 Å². The average molecular weight is 1720 g/mol. The highest BCUT2D eigenvalue weighted by Crippen LogP contribution is 2.47. The van der Waals surface area contributed by atoms with Gasteiger partial charge in [0.15, 0.2) is 17.5 Å². The average Bonchev–Trinajstić information content (AvgIpc) is 1.58. The van der Waals surface area contributed by atoms with Gasteiger partial charge in [-0.2, -0.15) is 0 Å². The van der Waals surface area contributed by atoms with Crippen molar-refractivity contribution in [2.45, 2.75) is 0 Å². The molecule has 0 N–H and O–H groups in total. The fraction of sp³-hybridized carbons (Fsp3) is 0. The lowest BCUT2D eigenvalue weighted by Crippen LogP contribution is -2.03. The maximum absolute atomic E-state index is 5.27. The van der Waals surface area contributed by atoms with E-state index in [2.05, 4.69) is 402 Å². The van der Waals surface area contributed by atoms with Crippen molar-refractivity contribution in [2.75, 3.05) is 0 Å². The number of benzene rings is 23. The molecule has 29 aromatic rings. The lowest BCUT2D eigenvalue weighted by Gasteiger charge is -2.14. The van der Waals surface area contributed by atoms with Gasteiger partial charge in [-0.1, -0.05) is 382 Å². The van der Waals surface area contributed by atoms with Crippen molar-refractivity contribution in [3.63, 3.8) is 0 Å². The molecule has 0 aliphatic rings. The fourth-order valence-electron chi connectivity index (χ4n) is 21.3. The summed E-state index contributed by atoms with van der Waals surface area (Å²) in [4.78, 5) is 30.9. The maximum Gasteiger partial charge on any atom is 0.165 e. The Morgan fingerprint density at radius 1 is 0.148 bits per heavy atom. The zero-order valence-corrected chi connectivity index (χ0v) is 73.0. The molecular weight excluding hydrogens is 1640 g/mol. The van der Waals surface area contributed by atoms with Crippen LogP contribution in [0.3, 0.4) is 0 Å². The zero-order chi connectivity index (χ0) is 88.7. The van der Waals surface area contributed by atoms with Gasteiger partial charge in [0, 0.05) is 87.7 Å². The highest BCUT2D eigenvalue weighted by Gasteiger charge is 2.26. The van der Waals surface area contributed by atoms with Crippen molar-refractivity contribution in [1.82, 2.24) is 43.6 Å². The first-order valence-electron chi connectivity index (χ1n) is 46.0. The van der Waals surface area contributed by atoms with Crippen LogP contribution in [0, 0.1) is 0 Å². The summed E-state index contributed by atoms with van der Waals surface area (Å²) < 4.78 is 7.13. The Kier molecular flexibility index (Phi) is 17.8. The van der Waals surface area contributed by atoms with Crippen LogP contribution in [-0.4, -0.2) is 43.6 Å². The molecular formula is C126H77N9. The van der Waals surface area contributed by atoms with Gasteiger partial charge in [-0.15, -0.1) is 0 Å². The van der Waals surface area contributed by atoms with E-state index in [1.165, 1.54) is 151 Å². The second kappa shape index (κ2) is 31.3. The molecule has 29 rings (SSSR count). The van der Waals surface area contributed by atoms with Crippen LogP contribution < -0.4 is 0 Å². The van der Waals surface area contributed by atoms with Crippen LogP contribution in [0.4, 0.5) is 0 Å². The van der Waals surface area contributed by atoms with Crippen LogP contribution in [0.25, 0.3) is 269 Å². The van der Waals surface area contributed by atoms with E-state index in [0.717, 1.165) is 118 Å². The van der Waals surface area contributed by atoms with Gasteiger partial charge in [-0.05, 0) is 176 Å². The molecule has 0 amide bonds. The van der Waals surface area contributed by atoms with E-state index >= 15 is 0 Å². The van der Waals surface area contributed by atoms with Crippen molar-refractivity contribution in [3.8, 4) is 73.7 Å². The largest absolute Gasteiger partial charge is 0.309 e. The highest BCUT2D eigenvalue weighted by atomic mass is 15.1. The Labute approximate surface area is 774 Å². The van der Waals surface area contributed by atoms with E-state index in [-0.39, 0.29) is 0 Å². The molecule has 0 unspecified atom stereocenters. The first-order chi connectivity index (χ1) is 67.0. The van der Waals surface area contributed by atoms with Crippen LogP contribution in [0.15, 0.2) is 467 Å². The number of hydrogen-bond donors (Lipinski definition) is 0. The minimum Gasteiger partial charge on any atom is -0.309 e. The SMILES string of the molecule is c1ccc(-c2nc(-c3ccccc3)c3cc(-n4c5ccccc5c5ccc6c(ccc7ccc8ccccc8c76)c54)ccc3n2)cc1.c1ccc(-c2nc(-c3ccccc3)c3ccc(-n4c5ccccc5c5c6ccc7ccc8ccccc8c7c6ccc54)cc3n2)cc1.c1ccc(-c2nc3ccccc3nc2-n2c3ccccc3c3cc4c(ccc5ccc6ccccc6c54)cc32)cc1. The smallest absolute Gasteiger partial charge is 0.165 e. The van der Waals surface area contributed by atoms with Gasteiger partial charge in [0.2, 0.25) is 0 Å². The summed E-state index contributed by atoms with van der Waals surface area (Å²) in [6.45, 7) is 0. The Morgan fingerprint density at radius 3 is 1.11 bits per heavy atom. The summed E-state index contributed by atoms with van der Waals surface area (Å²) in [6, 6.07) is 166. The van der Waals surface area contributed by atoms with Gasteiger partial charge in [-0.25, -0.2) is 29.9 Å². The van der Waals surface area contributed by atoms with Crippen LogP contribution in [0.5, 0.6) is 0 Å². The van der Waals surface area contributed by atoms with E-state index in [1.54, 1.807) is 0 Å². The van der Waals surface area contributed by atoms with Crippen molar-refractivity contribution < 1.29 is 0 Å². The van der Waals surface area contributed by atoms with Gasteiger partial charge in [0.25, 0.3) is 0 Å². The third kappa shape index (κ3) is 12.6. The van der Waals surface area contributed by atoms with E-state index in [1.807, 2.05) is 78.9 Å².